The van der Waals surface area contributed by atoms with Crippen LogP contribution >= 0.6 is 23.5 Å². The second-order valence-corrected chi connectivity index (χ2v) is 10.5. The minimum atomic E-state index is -1.64. The molecule has 156 valence electrons. The highest BCUT2D eigenvalue weighted by molar-refractivity contribution is 8.14. The van der Waals surface area contributed by atoms with Crippen molar-refractivity contribution in [3.05, 3.63) is 0 Å². The van der Waals surface area contributed by atoms with Crippen molar-refractivity contribution in [2.24, 2.45) is 10.8 Å². The molecule has 8 nitrogen and oxygen atoms in total. The second-order valence-electron chi connectivity index (χ2n) is 8.21. The third-order valence-electron chi connectivity index (χ3n) is 5.40. The number of amides is 2. The van der Waals surface area contributed by atoms with E-state index in [2.05, 4.69) is 0 Å². The number of carboxylic acid groups (broad SMARTS) is 1. The Kier molecular flexibility index (Phi) is 6.25. The minimum Gasteiger partial charge on any atom is -0.479 e. The molecule has 28 heavy (non-hydrogen) atoms. The molecule has 1 unspecified atom stereocenters. The first-order chi connectivity index (χ1) is 12.8. The number of carbonyl (C=O) groups excluding carboxylic acids is 4. The number of fused-ring (bicyclic) bond motifs is 1. The molecular weight excluding hydrogens is 404 g/mol. The molecule has 0 aliphatic carbocycles. The number of carbonyl (C=O) groups is 5. The van der Waals surface area contributed by atoms with Crippen molar-refractivity contribution in [2.45, 2.75) is 53.0 Å². The first kappa shape index (κ1) is 22.7. The minimum absolute atomic E-state index is 0.118. The van der Waals surface area contributed by atoms with Gasteiger partial charge in [-0.2, -0.15) is 0 Å². The summed E-state index contributed by atoms with van der Waals surface area (Å²) in [7, 11) is 0. The van der Waals surface area contributed by atoms with Crippen LogP contribution in [0.2, 0.25) is 0 Å². The number of thioether (sulfide) groups is 2. The van der Waals surface area contributed by atoms with Gasteiger partial charge in [-0.15, -0.1) is 0 Å². The predicted molar refractivity (Wildman–Crippen MR) is 106 cm³/mol. The summed E-state index contributed by atoms with van der Waals surface area (Å²) in [5, 5.41) is 12.0. The lowest BCUT2D eigenvalue weighted by atomic mass is 9.69. The van der Waals surface area contributed by atoms with Gasteiger partial charge in [0.25, 0.3) is 11.8 Å². The van der Waals surface area contributed by atoms with Crippen LogP contribution in [0.25, 0.3) is 0 Å². The lowest BCUT2D eigenvalue weighted by Gasteiger charge is -2.52. The van der Waals surface area contributed by atoms with Gasteiger partial charge in [-0.1, -0.05) is 44.3 Å². The van der Waals surface area contributed by atoms with Gasteiger partial charge in [-0.3, -0.25) is 19.2 Å². The van der Waals surface area contributed by atoms with Crippen LogP contribution in [0.3, 0.4) is 0 Å². The van der Waals surface area contributed by atoms with E-state index < -0.39 is 34.2 Å². The average Bonchev–Trinajstić information content (AvgIpc) is 2.79. The Balaban J connectivity index is 2.61. The van der Waals surface area contributed by atoms with Crippen molar-refractivity contribution in [3.63, 3.8) is 0 Å². The molecule has 0 aromatic heterocycles. The van der Waals surface area contributed by atoms with Crippen LogP contribution in [0, 0.1) is 10.8 Å². The summed E-state index contributed by atoms with van der Waals surface area (Å²) in [4.78, 5) is 62.5. The number of rotatable bonds is 5. The quantitative estimate of drug-likeness (QED) is 0.657. The lowest BCUT2D eigenvalue weighted by Crippen LogP contribution is -2.69. The number of nitrogens with zero attached hydrogens (tertiary/aromatic N) is 2. The van der Waals surface area contributed by atoms with Crippen molar-refractivity contribution >= 4 is 51.5 Å². The van der Waals surface area contributed by atoms with Crippen LogP contribution in [0.5, 0.6) is 0 Å². The van der Waals surface area contributed by atoms with Crippen molar-refractivity contribution in [1.29, 1.82) is 0 Å². The SMILES string of the molecule is CC(=O)SCC1(CSC(C)=O)C(=O)N2CCCC(C(=O)O)(C(C)(C)C)N2C1=O. The lowest BCUT2D eigenvalue weighted by molar-refractivity contribution is -0.199. The molecule has 2 aliphatic heterocycles. The van der Waals surface area contributed by atoms with E-state index in [0.717, 1.165) is 28.5 Å². The van der Waals surface area contributed by atoms with Crippen LogP contribution < -0.4 is 0 Å². The van der Waals surface area contributed by atoms with E-state index in [1.165, 1.54) is 18.9 Å². The van der Waals surface area contributed by atoms with Crippen LogP contribution in [-0.2, 0) is 24.0 Å². The van der Waals surface area contributed by atoms with Gasteiger partial charge in [0, 0.05) is 31.9 Å². The second kappa shape index (κ2) is 7.70. The molecule has 2 aliphatic rings. The van der Waals surface area contributed by atoms with Gasteiger partial charge in [-0.25, -0.2) is 14.8 Å². The summed E-state index contributed by atoms with van der Waals surface area (Å²) < 4.78 is 0. The predicted octanol–water partition coefficient (Wildman–Crippen LogP) is 1.78. The Morgan fingerprint density at radius 3 is 1.93 bits per heavy atom. The Bertz CT molecular complexity index is 714. The third kappa shape index (κ3) is 3.45. The number of aliphatic carboxylic acids is 1. The molecule has 2 rings (SSSR count). The molecule has 2 amide bonds. The largest absolute Gasteiger partial charge is 0.479 e. The molecule has 0 radical (unpaired) electrons. The van der Waals surface area contributed by atoms with Gasteiger partial charge in [0.1, 0.15) is 0 Å². The third-order valence-corrected chi connectivity index (χ3v) is 7.48. The van der Waals surface area contributed by atoms with Crippen molar-refractivity contribution in [2.75, 3.05) is 18.1 Å². The summed E-state index contributed by atoms with van der Waals surface area (Å²) in [6, 6.07) is 0. The Morgan fingerprint density at radius 2 is 1.54 bits per heavy atom. The highest BCUT2D eigenvalue weighted by Gasteiger charge is 2.69. The molecule has 2 heterocycles. The van der Waals surface area contributed by atoms with Crippen LogP contribution in [0.15, 0.2) is 0 Å². The molecule has 1 atom stereocenters. The smallest absolute Gasteiger partial charge is 0.332 e. The monoisotopic (exact) mass is 430 g/mol. The molecular formula is C18H26N2O6S2. The Morgan fingerprint density at radius 1 is 1.04 bits per heavy atom. The maximum Gasteiger partial charge on any atom is 0.332 e. The number of hydrogen-bond donors (Lipinski definition) is 1. The summed E-state index contributed by atoms with van der Waals surface area (Å²) in [6.45, 7) is 8.10. The average molecular weight is 431 g/mol. The van der Waals surface area contributed by atoms with E-state index in [4.69, 9.17) is 0 Å². The summed E-state index contributed by atoms with van der Waals surface area (Å²) >= 11 is 1.68. The molecule has 0 aromatic rings. The van der Waals surface area contributed by atoms with Crippen LogP contribution in [-0.4, -0.2) is 66.7 Å². The van der Waals surface area contributed by atoms with E-state index in [1.807, 2.05) is 0 Å². The first-order valence-electron chi connectivity index (χ1n) is 8.98. The van der Waals surface area contributed by atoms with E-state index in [-0.39, 0.29) is 34.7 Å². The van der Waals surface area contributed by atoms with Gasteiger partial charge >= 0.3 is 5.97 Å². The molecule has 0 bridgehead atoms. The Hall–Kier alpha value is -1.55. The van der Waals surface area contributed by atoms with E-state index in [0.29, 0.717) is 6.42 Å². The molecule has 0 saturated carbocycles. The highest BCUT2D eigenvalue weighted by Crippen LogP contribution is 2.50. The van der Waals surface area contributed by atoms with Crippen molar-refractivity contribution < 1.29 is 29.1 Å². The van der Waals surface area contributed by atoms with Gasteiger partial charge < -0.3 is 5.11 Å². The molecule has 2 fully saturated rings. The van der Waals surface area contributed by atoms with Crippen LogP contribution in [0.1, 0.15) is 47.5 Å². The van der Waals surface area contributed by atoms with Crippen molar-refractivity contribution in [3.8, 4) is 0 Å². The van der Waals surface area contributed by atoms with Gasteiger partial charge in [0.15, 0.2) is 21.2 Å². The summed E-state index contributed by atoms with van der Waals surface area (Å²) in [5.41, 5.74) is -4.06. The summed E-state index contributed by atoms with van der Waals surface area (Å²) in [6.07, 6.45) is 0.659. The van der Waals surface area contributed by atoms with E-state index in [9.17, 15) is 29.1 Å². The fourth-order valence-electron chi connectivity index (χ4n) is 3.86. The van der Waals surface area contributed by atoms with Gasteiger partial charge in [-0.05, 0) is 18.3 Å². The normalized spacial score (nSPS) is 24.3. The fourth-order valence-corrected chi connectivity index (χ4v) is 5.59. The molecule has 2 saturated heterocycles. The van der Waals surface area contributed by atoms with Gasteiger partial charge in [0.2, 0.25) is 0 Å². The van der Waals surface area contributed by atoms with E-state index >= 15 is 0 Å². The standard InChI is InChI=1S/C18H26N2O6S2/c1-11(21)27-9-17(10-28-12(2)22)13(23)19-8-6-7-18(15(25)26,16(3,4)5)20(19)14(17)24/h6-10H2,1-5H3,(H,25,26). The molecule has 0 aromatic carbocycles. The molecule has 0 spiro atoms. The van der Waals surface area contributed by atoms with Crippen LogP contribution in [0.4, 0.5) is 0 Å². The zero-order valence-corrected chi connectivity index (χ0v) is 18.4. The molecule has 10 heteroatoms. The van der Waals surface area contributed by atoms with Crippen molar-refractivity contribution in [1.82, 2.24) is 10.0 Å². The Labute approximate surface area is 172 Å². The zero-order valence-electron chi connectivity index (χ0n) is 16.7. The number of hydrazine groups is 1. The topological polar surface area (TPSA) is 112 Å². The van der Waals surface area contributed by atoms with Gasteiger partial charge in [0.05, 0.1) is 0 Å². The maximum absolute atomic E-state index is 13.6. The highest BCUT2D eigenvalue weighted by atomic mass is 32.2. The maximum atomic E-state index is 13.6. The first-order valence-corrected chi connectivity index (χ1v) is 10.9. The number of hydrogen-bond acceptors (Lipinski definition) is 7. The summed E-state index contributed by atoms with van der Waals surface area (Å²) in [5.74, 6) is -2.58. The molecule has 1 N–H and O–H groups in total. The van der Waals surface area contributed by atoms with E-state index in [1.54, 1.807) is 20.8 Å². The fraction of sp³-hybridized carbons (Fsp3) is 0.722. The number of carboxylic acids is 1. The zero-order chi connectivity index (χ0) is 21.5.